The smallest absolute Gasteiger partial charge is 0.128 e. The van der Waals surface area contributed by atoms with E-state index in [1.807, 2.05) is 13.0 Å². The minimum absolute atomic E-state index is 0.225. The SMILES string of the molecule is CC(Nc1ccc(C#N)c(Cl)c1)c1cc(Br)ccc1F. The topological polar surface area (TPSA) is 35.8 Å². The van der Waals surface area contributed by atoms with Crippen LogP contribution in [0.1, 0.15) is 24.1 Å². The maximum Gasteiger partial charge on any atom is 0.128 e. The van der Waals surface area contributed by atoms with Crippen molar-refractivity contribution < 1.29 is 4.39 Å². The van der Waals surface area contributed by atoms with Crippen molar-refractivity contribution in [2.45, 2.75) is 13.0 Å². The molecular weight excluding hydrogens is 343 g/mol. The number of anilines is 1. The second-order valence-corrected chi connectivity index (χ2v) is 5.66. The van der Waals surface area contributed by atoms with E-state index in [1.54, 1.807) is 30.3 Å². The first-order chi connectivity index (χ1) is 9.51. The Labute approximate surface area is 130 Å². The van der Waals surface area contributed by atoms with Crippen LogP contribution in [0, 0.1) is 17.1 Å². The van der Waals surface area contributed by atoms with Crippen LogP contribution in [0.2, 0.25) is 5.02 Å². The van der Waals surface area contributed by atoms with Gasteiger partial charge in [-0.3, -0.25) is 0 Å². The number of nitrogens with zero attached hydrogens (tertiary/aromatic N) is 1. The molecule has 5 heteroatoms. The van der Waals surface area contributed by atoms with Gasteiger partial charge in [0.1, 0.15) is 11.9 Å². The van der Waals surface area contributed by atoms with Crippen molar-refractivity contribution in [2.24, 2.45) is 0 Å². The molecular formula is C15H11BrClFN2. The summed E-state index contributed by atoms with van der Waals surface area (Å²) in [5.74, 6) is -0.270. The zero-order valence-electron chi connectivity index (χ0n) is 10.6. The van der Waals surface area contributed by atoms with E-state index in [0.29, 0.717) is 16.1 Å². The highest BCUT2D eigenvalue weighted by Gasteiger charge is 2.12. The van der Waals surface area contributed by atoms with Crippen LogP contribution in [-0.2, 0) is 0 Å². The van der Waals surface area contributed by atoms with E-state index in [0.717, 1.165) is 10.2 Å². The molecule has 2 rings (SSSR count). The maximum absolute atomic E-state index is 13.8. The molecule has 0 aliphatic carbocycles. The lowest BCUT2D eigenvalue weighted by atomic mass is 10.1. The summed E-state index contributed by atoms with van der Waals surface area (Å²) in [6.45, 7) is 1.86. The maximum atomic E-state index is 13.8. The molecule has 2 aromatic carbocycles. The van der Waals surface area contributed by atoms with Gasteiger partial charge in [0.2, 0.25) is 0 Å². The minimum Gasteiger partial charge on any atom is -0.378 e. The summed E-state index contributed by atoms with van der Waals surface area (Å²) in [6.07, 6.45) is 0. The Morgan fingerprint density at radius 2 is 2.05 bits per heavy atom. The van der Waals surface area contributed by atoms with Gasteiger partial charge >= 0.3 is 0 Å². The second kappa shape index (κ2) is 6.25. The van der Waals surface area contributed by atoms with Gasteiger partial charge in [-0.1, -0.05) is 27.5 Å². The van der Waals surface area contributed by atoms with Crippen molar-refractivity contribution in [2.75, 3.05) is 5.32 Å². The Morgan fingerprint density at radius 1 is 1.30 bits per heavy atom. The van der Waals surface area contributed by atoms with Crippen LogP contribution in [0.4, 0.5) is 10.1 Å². The van der Waals surface area contributed by atoms with Crippen LogP contribution in [0.15, 0.2) is 40.9 Å². The summed E-state index contributed by atoms with van der Waals surface area (Å²) in [5.41, 5.74) is 1.71. The Bertz CT molecular complexity index is 682. The van der Waals surface area contributed by atoms with Crippen molar-refractivity contribution in [3.63, 3.8) is 0 Å². The number of halogens is 3. The van der Waals surface area contributed by atoms with Crippen molar-refractivity contribution >= 4 is 33.2 Å². The zero-order valence-corrected chi connectivity index (χ0v) is 13.0. The van der Waals surface area contributed by atoms with Gasteiger partial charge in [-0.05, 0) is 43.3 Å². The van der Waals surface area contributed by atoms with E-state index in [4.69, 9.17) is 16.9 Å². The van der Waals surface area contributed by atoms with E-state index >= 15 is 0 Å². The standard InChI is InChI=1S/C15H11BrClFN2/c1-9(13-6-11(16)3-5-15(13)18)20-12-4-2-10(8-19)14(17)7-12/h2-7,9,20H,1H3. The monoisotopic (exact) mass is 352 g/mol. The Kier molecular flexibility index (Phi) is 4.64. The van der Waals surface area contributed by atoms with E-state index in [1.165, 1.54) is 6.07 Å². The fourth-order valence-corrected chi connectivity index (χ4v) is 2.47. The summed E-state index contributed by atoms with van der Waals surface area (Å²) >= 11 is 9.30. The van der Waals surface area contributed by atoms with Gasteiger partial charge in [0, 0.05) is 15.7 Å². The van der Waals surface area contributed by atoms with Crippen LogP contribution in [0.5, 0.6) is 0 Å². The molecule has 0 heterocycles. The largest absolute Gasteiger partial charge is 0.378 e. The lowest BCUT2D eigenvalue weighted by Gasteiger charge is -2.17. The lowest BCUT2D eigenvalue weighted by Crippen LogP contribution is -2.08. The molecule has 1 N–H and O–H groups in total. The fourth-order valence-electron chi connectivity index (χ4n) is 1.87. The molecule has 0 saturated carbocycles. The third kappa shape index (κ3) is 3.30. The quantitative estimate of drug-likeness (QED) is 0.814. The Hall–Kier alpha value is -1.57. The highest BCUT2D eigenvalue weighted by atomic mass is 79.9. The number of benzene rings is 2. The number of nitriles is 1. The van der Waals surface area contributed by atoms with Crippen LogP contribution in [-0.4, -0.2) is 0 Å². The van der Waals surface area contributed by atoms with E-state index < -0.39 is 0 Å². The molecule has 0 aliphatic heterocycles. The molecule has 1 atom stereocenters. The summed E-state index contributed by atoms with van der Waals surface area (Å²) in [6, 6.07) is 11.6. The molecule has 1 unspecified atom stereocenters. The average molecular weight is 354 g/mol. The molecule has 102 valence electrons. The molecule has 0 radical (unpaired) electrons. The summed E-state index contributed by atoms with van der Waals surface area (Å²) in [7, 11) is 0. The van der Waals surface area contributed by atoms with Crippen LogP contribution in [0.25, 0.3) is 0 Å². The first-order valence-electron chi connectivity index (χ1n) is 5.92. The number of nitrogens with one attached hydrogen (secondary N) is 1. The molecule has 0 aromatic heterocycles. The summed E-state index contributed by atoms with van der Waals surface area (Å²) in [5, 5.41) is 12.4. The van der Waals surface area contributed by atoms with Crippen molar-refractivity contribution in [3.8, 4) is 6.07 Å². The lowest BCUT2D eigenvalue weighted by molar-refractivity contribution is 0.600. The second-order valence-electron chi connectivity index (χ2n) is 4.34. The average Bonchev–Trinajstić information content (AvgIpc) is 2.41. The highest BCUT2D eigenvalue weighted by Crippen LogP contribution is 2.27. The van der Waals surface area contributed by atoms with E-state index in [9.17, 15) is 4.39 Å². The van der Waals surface area contributed by atoms with Gasteiger partial charge < -0.3 is 5.32 Å². The molecule has 0 amide bonds. The molecule has 2 aromatic rings. The normalized spacial score (nSPS) is 11.8. The van der Waals surface area contributed by atoms with Gasteiger partial charge in [-0.2, -0.15) is 5.26 Å². The van der Waals surface area contributed by atoms with Gasteiger partial charge in [0.15, 0.2) is 0 Å². The van der Waals surface area contributed by atoms with Gasteiger partial charge in [-0.15, -0.1) is 0 Å². The van der Waals surface area contributed by atoms with E-state index in [-0.39, 0.29) is 11.9 Å². The number of hydrogen-bond acceptors (Lipinski definition) is 2. The Balaban J connectivity index is 2.23. The van der Waals surface area contributed by atoms with Crippen molar-refractivity contribution in [1.82, 2.24) is 0 Å². The van der Waals surface area contributed by atoms with Crippen LogP contribution < -0.4 is 5.32 Å². The summed E-state index contributed by atoms with van der Waals surface area (Å²) in [4.78, 5) is 0. The summed E-state index contributed by atoms with van der Waals surface area (Å²) < 4.78 is 14.6. The predicted octanol–water partition coefficient (Wildman–Crippen LogP) is 5.29. The third-order valence-corrected chi connectivity index (χ3v) is 3.70. The molecule has 0 bridgehead atoms. The fraction of sp³-hybridized carbons (Fsp3) is 0.133. The van der Waals surface area contributed by atoms with E-state index in [2.05, 4.69) is 21.2 Å². The van der Waals surface area contributed by atoms with Gasteiger partial charge in [0.25, 0.3) is 0 Å². The molecule has 0 spiro atoms. The highest BCUT2D eigenvalue weighted by molar-refractivity contribution is 9.10. The minimum atomic E-state index is -0.270. The van der Waals surface area contributed by atoms with Crippen LogP contribution in [0.3, 0.4) is 0 Å². The zero-order chi connectivity index (χ0) is 14.7. The van der Waals surface area contributed by atoms with Crippen LogP contribution >= 0.6 is 27.5 Å². The molecule has 0 aliphatic rings. The van der Waals surface area contributed by atoms with Crippen molar-refractivity contribution in [3.05, 3.63) is 62.8 Å². The third-order valence-electron chi connectivity index (χ3n) is 2.90. The van der Waals surface area contributed by atoms with Gasteiger partial charge in [-0.25, -0.2) is 4.39 Å². The van der Waals surface area contributed by atoms with Crippen molar-refractivity contribution in [1.29, 1.82) is 5.26 Å². The first-order valence-corrected chi connectivity index (χ1v) is 7.09. The molecule has 0 saturated heterocycles. The molecule has 0 fully saturated rings. The molecule has 2 nitrogen and oxygen atoms in total. The Morgan fingerprint density at radius 3 is 2.70 bits per heavy atom. The molecule has 20 heavy (non-hydrogen) atoms. The van der Waals surface area contributed by atoms with Gasteiger partial charge in [0.05, 0.1) is 16.6 Å². The predicted molar refractivity (Wildman–Crippen MR) is 82.3 cm³/mol. The number of rotatable bonds is 3. The first kappa shape index (κ1) is 14.8. The number of hydrogen-bond donors (Lipinski definition) is 1.